The molecule has 1 aromatic rings. The van der Waals surface area contributed by atoms with Crippen molar-refractivity contribution in [3.63, 3.8) is 0 Å². The minimum absolute atomic E-state index is 0.0539. The number of rotatable bonds is 2. The first kappa shape index (κ1) is 14.0. The van der Waals surface area contributed by atoms with Crippen molar-refractivity contribution in [3.05, 3.63) is 35.4 Å². The molecule has 3 N–H and O–H groups in total. The molecule has 2 amide bonds. The Balaban J connectivity index is 1.86. The van der Waals surface area contributed by atoms with E-state index in [0.29, 0.717) is 19.7 Å². The van der Waals surface area contributed by atoms with E-state index in [-0.39, 0.29) is 18.4 Å². The number of amides is 2. The van der Waals surface area contributed by atoms with Crippen molar-refractivity contribution in [3.8, 4) is 0 Å². The molecule has 21 heavy (non-hydrogen) atoms. The third-order valence-corrected chi connectivity index (χ3v) is 4.13. The van der Waals surface area contributed by atoms with E-state index in [1.807, 2.05) is 24.3 Å². The molecular formula is C15H19N3O3. The quantitative estimate of drug-likeness (QED) is 0.775. The highest BCUT2D eigenvalue weighted by atomic mass is 16.5. The van der Waals surface area contributed by atoms with Gasteiger partial charge in [0.15, 0.2) is 0 Å². The lowest BCUT2D eigenvalue weighted by molar-refractivity contribution is -0.148. The monoisotopic (exact) mass is 289 g/mol. The molecule has 0 aliphatic carbocycles. The van der Waals surface area contributed by atoms with Gasteiger partial charge in [-0.1, -0.05) is 24.3 Å². The van der Waals surface area contributed by atoms with Crippen molar-refractivity contribution >= 4 is 11.8 Å². The molecule has 6 nitrogen and oxygen atoms in total. The van der Waals surface area contributed by atoms with Crippen LogP contribution in [0.3, 0.4) is 0 Å². The Morgan fingerprint density at radius 3 is 2.95 bits per heavy atom. The van der Waals surface area contributed by atoms with E-state index >= 15 is 0 Å². The second-order valence-electron chi connectivity index (χ2n) is 5.41. The molecule has 2 unspecified atom stereocenters. The average Bonchev–Trinajstić information content (AvgIpc) is 2.53. The summed E-state index contributed by atoms with van der Waals surface area (Å²) in [6, 6.07) is 7.25. The van der Waals surface area contributed by atoms with Gasteiger partial charge in [-0.3, -0.25) is 9.59 Å². The fraction of sp³-hybridized carbons (Fsp3) is 0.467. The minimum Gasteiger partial charge on any atom is -0.377 e. The number of nitrogens with zero attached hydrogens (tertiary/aromatic N) is 1. The van der Waals surface area contributed by atoms with Crippen LogP contribution in [-0.4, -0.2) is 49.1 Å². The van der Waals surface area contributed by atoms with Gasteiger partial charge in [-0.25, -0.2) is 0 Å². The zero-order valence-corrected chi connectivity index (χ0v) is 11.7. The summed E-state index contributed by atoms with van der Waals surface area (Å²) < 4.78 is 5.27. The molecule has 6 heteroatoms. The van der Waals surface area contributed by atoms with Gasteiger partial charge in [-0.15, -0.1) is 0 Å². The molecular weight excluding hydrogens is 270 g/mol. The maximum atomic E-state index is 12.9. The molecule has 1 fully saturated rings. The third kappa shape index (κ3) is 2.64. The van der Waals surface area contributed by atoms with Gasteiger partial charge in [0.05, 0.1) is 19.1 Å². The van der Waals surface area contributed by atoms with Gasteiger partial charge >= 0.3 is 0 Å². The van der Waals surface area contributed by atoms with Crippen LogP contribution >= 0.6 is 0 Å². The fourth-order valence-corrected chi connectivity index (χ4v) is 3.02. The lowest BCUT2D eigenvalue weighted by atomic mass is 9.89. The highest BCUT2D eigenvalue weighted by molar-refractivity contribution is 5.90. The largest absolute Gasteiger partial charge is 0.377 e. The number of hydrogen-bond donors (Lipinski definition) is 2. The molecule has 1 aromatic carbocycles. The van der Waals surface area contributed by atoms with Crippen molar-refractivity contribution in [2.45, 2.75) is 18.5 Å². The van der Waals surface area contributed by atoms with Crippen molar-refractivity contribution in [2.75, 3.05) is 26.3 Å². The average molecular weight is 289 g/mol. The molecule has 0 spiro atoms. The molecule has 0 saturated carbocycles. The molecule has 2 aliphatic heterocycles. The smallest absolute Gasteiger partial charge is 0.242 e. The standard InChI is InChI=1S/C15H19N3O3/c16-14(19)13-9-21-6-5-18(13)15(20)12-8-17-7-10-3-1-2-4-11(10)12/h1-4,12-13,17H,5-9H2,(H2,16,19). The second kappa shape index (κ2) is 5.83. The van der Waals surface area contributed by atoms with Crippen LogP contribution in [0.2, 0.25) is 0 Å². The van der Waals surface area contributed by atoms with Crippen molar-refractivity contribution in [1.82, 2.24) is 10.2 Å². The maximum absolute atomic E-state index is 12.9. The summed E-state index contributed by atoms with van der Waals surface area (Å²) in [5.74, 6) is -0.836. The van der Waals surface area contributed by atoms with Crippen molar-refractivity contribution < 1.29 is 14.3 Å². The van der Waals surface area contributed by atoms with E-state index in [1.54, 1.807) is 4.90 Å². The molecule has 2 atom stereocenters. The van der Waals surface area contributed by atoms with E-state index in [4.69, 9.17) is 10.5 Å². The molecule has 0 bridgehead atoms. The highest BCUT2D eigenvalue weighted by Crippen LogP contribution is 2.26. The predicted octanol–water partition coefficient (Wildman–Crippen LogP) is -0.414. The Hall–Kier alpha value is -1.92. The summed E-state index contributed by atoms with van der Waals surface area (Å²) in [7, 11) is 0. The number of nitrogens with two attached hydrogens (primary N) is 1. The summed E-state index contributed by atoms with van der Waals surface area (Å²) in [4.78, 5) is 26.0. The Morgan fingerprint density at radius 1 is 1.33 bits per heavy atom. The van der Waals surface area contributed by atoms with Gasteiger partial charge in [0.1, 0.15) is 6.04 Å². The Morgan fingerprint density at radius 2 is 2.14 bits per heavy atom. The van der Waals surface area contributed by atoms with Crippen LogP contribution in [0.15, 0.2) is 24.3 Å². The lowest BCUT2D eigenvalue weighted by Gasteiger charge is -2.37. The molecule has 0 aromatic heterocycles. The van der Waals surface area contributed by atoms with Gasteiger partial charge in [0.25, 0.3) is 0 Å². The number of hydrogen-bond acceptors (Lipinski definition) is 4. The Kier molecular flexibility index (Phi) is 3.90. The van der Waals surface area contributed by atoms with Crippen molar-refractivity contribution in [1.29, 1.82) is 0 Å². The number of ether oxygens (including phenoxy) is 1. The molecule has 2 aliphatic rings. The summed E-state index contributed by atoms with van der Waals surface area (Å²) >= 11 is 0. The van der Waals surface area contributed by atoms with E-state index in [1.165, 1.54) is 0 Å². The number of fused-ring (bicyclic) bond motifs is 1. The number of carbonyl (C=O) groups excluding carboxylic acids is 2. The van der Waals surface area contributed by atoms with Gasteiger partial charge in [-0.05, 0) is 11.1 Å². The first-order chi connectivity index (χ1) is 10.2. The van der Waals surface area contributed by atoms with Crippen LogP contribution in [0.5, 0.6) is 0 Å². The first-order valence-electron chi connectivity index (χ1n) is 7.14. The number of primary amides is 1. The van der Waals surface area contributed by atoms with Crippen LogP contribution < -0.4 is 11.1 Å². The van der Waals surface area contributed by atoms with Crippen molar-refractivity contribution in [2.24, 2.45) is 5.73 Å². The zero-order valence-electron chi connectivity index (χ0n) is 11.7. The molecule has 3 rings (SSSR count). The predicted molar refractivity (Wildman–Crippen MR) is 76.4 cm³/mol. The second-order valence-corrected chi connectivity index (χ2v) is 5.41. The zero-order chi connectivity index (χ0) is 14.8. The van der Waals surface area contributed by atoms with E-state index < -0.39 is 11.9 Å². The van der Waals surface area contributed by atoms with Gasteiger partial charge in [0, 0.05) is 19.6 Å². The van der Waals surface area contributed by atoms with Crippen LogP contribution in [0, 0.1) is 0 Å². The SMILES string of the molecule is NC(=O)C1COCCN1C(=O)C1CNCc2ccccc21. The summed E-state index contributed by atoms with van der Waals surface area (Å²) in [5.41, 5.74) is 7.56. The summed E-state index contributed by atoms with van der Waals surface area (Å²) in [5, 5.41) is 3.26. The first-order valence-corrected chi connectivity index (χ1v) is 7.14. The van der Waals surface area contributed by atoms with E-state index in [0.717, 1.165) is 17.7 Å². The number of morpholine rings is 1. The number of carbonyl (C=O) groups is 2. The molecule has 0 radical (unpaired) electrons. The lowest BCUT2D eigenvalue weighted by Crippen LogP contribution is -2.56. The fourth-order valence-electron chi connectivity index (χ4n) is 3.02. The van der Waals surface area contributed by atoms with E-state index in [9.17, 15) is 9.59 Å². The number of benzene rings is 1. The topological polar surface area (TPSA) is 84.7 Å². The number of nitrogens with one attached hydrogen (secondary N) is 1. The molecule has 112 valence electrons. The maximum Gasteiger partial charge on any atom is 0.242 e. The van der Waals surface area contributed by atoms with Gasteiger partial charge in [0.2, 0.25) is 11.8 Å². The van der Waals surface area contributed by atoms with Crippen LogP contribution in [0.4, 0.5) is 0 Å². The highest BCUT2D eigenvalue weighted by Gasteiger charge is 2.36. The van der Waals surface area contributed by atoms with Crippen LogP contribution in [0.25, 0.3) is 0 Å². The third-order valence-electron chi connectivity index (χ3n) is 4.13. The van der Waals surface area contributed by atoms with Gasteiger partial charge < -0.3 is 20.7 Å². The van der Waals surface area contributed by atoms with Crippen LogP contribution in [-0.2, 0) is 20.9 Å². The van der Waals surface area contributed by atoms with E-state index in [2.05, 4.69) is 5.32 Å². The normalized spacial score (nSPS) is 25.2. The molecule has 2 heterocycles. The van der Waals surface area contributed by atoms with Crippen LogP contribution in [0.1, 0.15) is 17.0 Å². The van der Waals surface area contributed by atoms with Gasteiger partial charge in [-0.2, -0.15) is 0 Å². The minimum atomic E-state index is -0.666. The Labute approximate surface area is 123 Å². The Bertz CT molecular complexity index is 561. The molecule has 1 saturated heterocycles. The summed E-state index contributed by atoms with van der Waals surface area (Å²) in [6.45, 7) is 2.38. The summed E-state index contributed by atoms with van der Waals surface area (Å²) in [6.07, 6.45) is 0.